The number of hydrogen-bond acceptors (Lipinski definition) is 3. The lowest BCUT2D eigenvalue weighted by Gasteiger charge is -2.11. The van der Waals surface area contributed by atoms with E-state index in [1.54, 1.807) is 0 Å². The molecule has 0 saturated carbocycles. The maximum atomic E-state index is 5.46. The lowest BCUT2D eigenvalue weighted by atomic mass is 10.0. The zero-order valence-corrected chi connectivity index (χ0v) is 8.58. The van der Waals surface area contributed by atoms with Crippen LogP contribution >= 0.6 is 0 Å². The molecule has 0 radical (unpaired) electrons. The summed E-state index contributed by atoms with van der Waals surface area (Å²) in [5.41, 5.74) is 8.06. The lowest BCUT2D eigenvalue weighted by molar-refractivity contribution is 0.517. The molecule has 14 heavy (non-hydrogen) atoms. The summed E-state index contributed by atoms with van der Waals surface area (Å²) >= 11 is 0. The van der Waals surface area contributed by atoms with Crippen molar-refractivity contribution in [2.24, 2.45) is 5.73 Å². The van der Waals surface area contributed by atoms with Gasteiger partial charge < -0.3 is 5.73 Å². The molecule has 0 aliphatic heterocycles. The molecule has 1 aromatic rings. The van der Waals surface area contributed by atoms with Gasteiger partial charge in [0.15, 0.2) is 0 Å². The average molecular weight is 194 g/mol. The number of rotatable bonds is 4. The Bertz CT molecular complexity index is 292. The smallest absolute Gasteiger partial charge is 0.0859 e. The summed E-state index contributed by atoms with van der Waals surface area (Å²) in [5, 5.41) is 8.41. The Hall–Kier alpha value is -0.900. The molecule has 0 bridgehead atoms. The van der Waals surface area contributed by atoms with Gasteiger partial charge in [0.1, 0.15) is 0 Å². The Balaban J connectivity index is 1.99. The van der Waals surface area contributed by atoms with E-state index in [9.17, 15) is 0 Å². The van der Waals surface area contributed by atoms with Crippen molar-refractivity contribution in [2.45, 2.75) is 45.1 Å². The molecular formula is C10H18N4. The molecule has 0 spiro atoms. The zero-order valence-electron chi connectivity index (χ0n) is 8.58. The first-order valence-electron chi connectivity index (χ1n) is 5.53. The second-order valence-corrected chi connectivity index (χ2v) is 3.91. The highest BCUT2D eigenvalue weighted by atomic mass is 15.4. The first kappa shape index (κ1) is 9.65. The van der Waals surface area contributed by atoms with Gasteiger partial charge in [-0.25, -0.2) is 4.68 Å². The number of fused-ring (bicyclic) bond motifs is 1. The van der Waals surface area contributed by atoms with Crippen molar-refractivity contribution in [3.8, 4) is 0 Å². The van der Waals surface area contributed by atoms with Crippen LogP contribution in [0.4, 0.5) is 0 Å². The molecule has 4 nitrogen and oxygen atoms in total. The van der Waals surface area contributed by atoms with Crippen LogP contribution in [0.25, 0.3) is 0 Å². The zero-order chi connectivity index (χ0) is 9.80. The summed E-state index contributed by atoms with van der Waals surface area (Å²) in [6.07, 6.45) is 7.03. The summed E-state index contributed by atoms with van der Waals surface area (Å²) in [4.78, 5) is 0. The van der Waals surface area contributed by atoms with E-state index in [2.05, 4.69) is 15.0 Å². The molecule has 1 aromatic heterocycles. The summed E-state index contributed by atoms with van der Waals surface area (Å²) in [6.45, 7) is 1.76. The highest BCUT2D eigenvalue weighted by molar-refractivity contribution is 5.13. The van der Waals surface area contributed by atoms with Crippen LogP contribution in [0.2, 0.25) is 0 Å². The van der Waals surface area contributed by atoms with Crippen LogP contribution in [0.5, 0.6) is 0 Å². The number of unbranched alkanes of at least 4 members (excludes halogenated alkanes) is 1. The van der Waals surface area contributed by atoms with E-state index in [1.165, 1.54) is 24.2 Å². The summed E-state index contributed by atoms with van der Waals surface area (Å²) in [5.74, 6) is 0. The van der Waals surface area contributed by atoms with E-state index < -0.39 is 0 Å². The molecule has 2 N–H and O–H groups in total. The number of nitrogens with two attached hydrogens (primary N) is 1. The third kappa shape index (κ3) is 1.95. The van der Waals surface area contributed by atoms with Gasteiger partial charge in [-0.3, -0.25) is 0 Å². The van der Waals surface area contributed by atoms with Crippen LogP contribution in [0, 0.1) is 0 Å². The first-order valence-corrected chi connectivity index (χ1v) is 5.53. The summed E-state index contributed by atoms with van der Waals surface area (Å²) < 4.78 is 2.07. The Kier molecular flexibility index (Phi) is 3.14. The number of aromatic nitrogens is 3. The molecule has 1 aliphatic carbocycles. The number of nitrogens with zero attached hydrogens (tertiary/aromatic N) is 3. The highest BCUT2D eigenvalue weighted by Crippen LogP contribution is 2.18. The average Bonchev–Trinajstić information content (AvgIpc) is 2.63. The van der Waals surface area contributed by atoms with E-state index in [4.69, 9.17) is 5.73 Å². The van der Waals surface area contributed by atoms with Gasteiger partial charge in [0, 0.05) is 6.54 Å². The summed E-state index contributed by atoms with van der Waals surface area (Å²) in [6, 6.07) is 0. The number of aryl methyl sites for hydroxylation is 2. The Morgan fingerprint density at radius 3 is 2.93 bits per heavy atom. The normalized spacial score (nSPS) is 15.5. The van der Waals surface area contributed by atoms with Gasteiger partial charge in [-0.05, 0) is 45.1 Å². The van der Waals surface area contributed by atoms with Gasteiger partial charge in [0.2, 0.25) is 0 Å². The fraction of sp³-hybridized carbons (Fsp3) is 0.800. The molecular weight excluding hydrogens is 176 g/mol. The maximum Gasteiger partial charge on any atom is 0.0859 e. The van der Waals surface area contributed by atoms with Crippen molar-refractivity contribution in [2.75, 3.05) is 6.54 Å². The second kappa shape index (κ2) is 4.55. The molecule has 78 valence electrons. The third-order valence-electron chi connectivity index (χ3n) is 2.82. The molecule has 0 atom stereocenters. The summed E-state index contributed by atoms with van der Waals surface area (Å²) in [7, 11) is 0. The monoisotopic (exact) mass is 194 g/mol. The highest BCUT2D eigenvalue weighted by Gasteiger charge is 2.15. The van der Waals surface area contributed by atoms with Crippen LogP contribution in [-0.4, -0.2) is 21.5 Å². The van der Waals surface area contributed by atoms with Crippen molar-refractivity contribution < 1.29 is 0 Å². The van der Waals surface area contributed by atoms with Crippen LogP contribution in [0.3, 0.4) is 0 Å². The van der Waals surface area contributed by atoms with Crippen LogP contribution < -0.4 is 5.73 Å². The Labute approximate surface area is 84.5 Å². The van der Waals surface area contributed by atoms with Crippen molar-refractivity contribution in [1.29, 1.82) is 0 Å². The van der Waals surface area contributed by atoms with Crippen LogP contribution in [-0.2, 0) is 19.4 Å². The minimum absolute atomic E-state index is 0.775. The Morgan fingerprint density at radius 2 is 2.07 bits per heavy atom. The largest absolute Gasteiger partial charge is 0.330 e. The standard InChI is InChI=1S/C10H18N4/c11-7-3-4-8-14-10-6-2-1-5-9(10)12-13-14/h1-8,11H2. The molecule has 0 amide bonds. The van der Waals surface area contributed by atoms with Crippen molar-refractivity contribution >= 4 is 0 Å². The van der Waals surface area contributed by atoms with Gasteiger partial charge in [-0.2, -0.15) is 0 Å². The van der Waals surface area contributed by atoms with E-state index in [1.807, 2.05) is 0 Å². The van der Waals surface area contributed by atoms with Crippen molar-refractivity contribution in [3.05, 3.63) is 11.4 Å². The third-order valence-corrected chi connectivity index (χ3v) is 2.82. The van der Waals surface area contributed by atoms with Crippen molar-refractivity contribution in [1.82, 2.24) is 15.0 Å². The number of hydrogen-bond donors (Lipinski definition) is 1. The maximum absolute atomic E-state index is 5.46. The molecule has 4 heteroatoms. The van der Waals surface area contributed by atoms with Gasteiger partial charge in [-0.15, -0.1) is 5.10 Å². The molecule has 0 unspecified atom stereocenters. The van der Waals surface area contributed by atoms with E-state index in [0.29, 0.717) is 0 Å². The van der Waals surface area contributed by atoms with Gasteiger partial charge in [-0.1, -0.05) is 5.21 Å². The topological polar surface area (TPSA) is 56.7 Å². The van der Waals surface area contributed by atoms with Gasteiger partial charge in [0.05, 0.1) is 11.4 Å². The lowest BCUT2D eigenvalue weighted by Crippen LogP contribution is -2.10. The molecule has 0 aromatic carbocycles. The molecule has 0 fully saturated rings. The minimum atomic E-state index is 0.775. The predicted molar refractivity (Wildman–Crippen MR) is 55.0 cm³/mol. The fourth-order valence-electron chi connectivity index (χ4n) is 2.01. The van der Waals surface area contributed by atoms with E-state index >= 15 is 0 Å². The van der Waals surface area contributed by atoms with Crippen LogP contribution in [0.15, 0.2) is 0 Å². The van der Waals surface area contributed by atoms with Gasteiger partial charge in [0.25, 0.3) is 0 Å². The fourth-order valence-corrected chi connectivity index (χ4v) is 2.01. The van der Waals surface area contributed by atoms with Gasteiger partial charge >= 0.3 is 0 Å². The Morgan fingerprint density at radius 1 is 1.21 bits per heavy atom. The van der Waals surface area contributed by atoms with Crippen molar-refractivity contribution in [3.63, 3.8) is 0 Å². The van der Waals surface area contributed by atoms with Crippen LogP contribution in [0.1, 0.15) is 37.1 Å². The molecule has 0 saturated heterocycles. The SMILES string of the molecule is NCCCCn1nnc2c1CCCC2. The molecule has 2 rings (SSSR count). The van der Waals surface area contributed by atoms with E-state index in [0.717, 1.165) is 38.8 Å². The first-order chi connectivity index (χ1) is 6.92. The second-order valence-electron chi connectivity index (χ2n) is 3.91. The molecule has 1 aliphatic rings. The molecule has 1 heterocycles. The predicted octanol–water partition coefficient (Wildman–Crippen LogP) is 0.896. The minimum Gasteiger partial charge on any atom is -0.330 e. The van der Waals surface area contributed by atoms with E-state index in [-0.39, 0.29) is 0 Å². The quantitative estimate of drug-likeness (QED) is 0.724.